The van der Waals surface area contributed by atoms with Crippen LogP contribution in [0.5, 0.6) is 0 Å². The van der Waals surface area contributed by atoms with Crippen LogP contribution >= 0.6 is 0 Å². The summed E-state index contributed by atoms with van der Waals surface area (Å²) in [5.41, 5.74) is 0. The Morgan fingerprint density at radius 1 is 1.33 bits per heavy atom. The predicted octanol–water partition coefficient (Wildman–Crippen LogP) is -2.91. The lowest BCUT2D eigenvalue weighted by atomic mass is 10.3. The molecule has 0 aliphatic carbocycles. The summed E-state index contributed by atoms with van der Waals surface area (Å²) in [5.74, 6) is -5.57. The number of hydrogen-bond acceptors (Lipinski definition) is 7. The summed E-state index contributed by atoms with van der Waals surface area (Å²) in [4.78, 5) is 20.7. The summed E-state index contributed by atoms with van der Waals surface area (Å²) in [6, 6.07) is 0. The summed E-state index contributed by atoms with van der Waals surface area (Å²) < 4.78 is 7.90. The summed E-state index contributed by atoms with van der Waals surface area (Å²) in [5, 5.41) is 26.1. The highest BCUT2D eigenvalue weighted by atomic mass is 16.9. The van der Waals surface area contributed by atoms with Gasteiger partial charge in [0, 0.05) is 0 Å². The van der Waals surface area contributed by atoms with Crippen LogP contribution < -0.4 is 0 Å². The highest BCUT2D eigenvalue weighted by Crippen LogP contribution is 2.21. The van der Waals surface area contributed by atoms with Gasteiger partial charge in [-0.2, -0.15) is 0 Å². The van der Waals surface area contributed by atoms with E-state index in [0.29, 0.717) is 0 Å². The smallest absolute Gasteiger partial charge is 0.393 e. The first-order chi connectivity index (χ1) is 5.49. The van der Waals surface area contributed by atoms with E-state index in [1.165, 1.54) is 0 Å². The maximum absolute atomic E-state index is 10.4. The van der Waals surface area contributed by atoms with Crippen LogP contribution in [-0.2, 0) is 19.1 Å². The van der Waals surface area contributed by atoms with Crippen LogP contribution in [0.15, 0.2) is 0 Å². The standard InChI is InChI=1S/C5H6O7/c6-1-2(7)5(10)11-3(8)4(9)12-5/h2,6-7,10H,1H2. The SMILES string of the molecule is O=C1OC(O)(C(O)CO)OC1=O. The third kappa shape index (κ3) is 1.24. The third-order valence-corrected chi connectivity index (χ3v) is 1.24. The minimum absolute atomic E-state index is 0.906. The van der Waals surface area contributed by atoms with Crippen molar-refractivity contribution >= 4 is 11.9 Å². The van der Waals surface area contributed by atoms with Gasteiger partial charge in [-0.05, 0) is 0 Å². The normalized spacial score (nSPS) is 23.2. The van der Waals surface area contributed by atoms with Crippen molar-refractivity contribution in [3.63, 3.8) is 0 Å². The van der Waals surface area contributed by atoms with E-state index in [9.17, 15) is 9.59 Å². The van der Waals surface area contributed by atoms with Crippen molar-refractivity contribution in [3.05, 3.63) is 0 Å². The first-order valence-electron chi connectivity index (χ1n) is 2.97. The molecule has 0 radical (unpaired) electrons. The topological polar surface area (TPSA) is 113 Å². The fourth-order valence-corrected chi connectivity index (χ4v) is 0.621. The van der Waals surface area contributed by atoms with Gasteiger partial charge in [-0.1, -0.05) is 0 Å². The molecule has 1 unspecified atom stereocenters. The highest BCUT2D eigenvalue weighted by Gasteiger charge is 2.52. The average Bonchev–Trinajstić information content (AvgIpc) is 2.26. The van der Waals surface area contributed by atoms with Gasteiger partial charge in [-0.3, -0.25) is 0 Å². The van der Waals surface area contributed by atoms with E-state index in [2.05, 4.69) is 9.47 Å². The Kier molecular flexibility index (Phi) is 2.01. The average molecular weight is 178 g/mol. The van der Waals surface area contributed by atoms with Crippen LogP contribution in [0.3, 0.4) is 0 Å². The Labute approximate surface area is 66.1 Å². The molecule has 3 N–H and O–H groups in total. The number of esters is 2. The van der Waals surface area contributed by atoms with Crippen LogP contribution in [0.1, 0.15) is 0 Å². The van der Waals surface area contributed by atoms with Gasteiger partial charge in [0.05, 0.1) is 6.61 Å². The minimum atomic E-state index is -2.75. The largest absolute Gasteiger partial charge is 0.422 e. The molecule has 1 atom stereocenters. The van der Waals surface area contributed by atoms with Crippen molar-refractivity contribution in [1.29, 1.82) is 0 Å². The van der Waals surface area contributed by atoms with Crippen LogP contribution in [0.25, 0.3) is 0 Å². The zero-order valence-electron chi connectivity index (χ0n) is 5.76. The lowest BCUT2D eigenvalue weighted by molar-refractivity contribution is -0.337. The molecule has 0 bridgehead atoms. The molecular weight excluding hydrogens is 172 g/mol. The third-order valence-electron chi connectivity index (χ3n) is 1.24. The summed E-state index contributed by atoms with van der Waals surface area (Å²) >= 11 is 0. The van der Waals surface area contributed by atoms with Gasteiger partial charge in [-0.25, -0.2) is 9.59 Å². The highest BCUT2D eigenvalue weighted by molar-refractivity contribution is 6.31. The molecule has 1 aliphatic rings. The lowest BCUT2D eigenvalue weighted by Crippen LogP contribution is -2.45. The van der Waals surface area contributed by atoms with Crippen molar-refractivity contribution in [2.24, 2.45) is 0 Å². The van der Waals surface area contributed by atoms with Gasteiger partial charge in [0.25, 0.3) is 0 Å². The Balaban J connectivity index is 2.76. The van der Waals surface area contributed by atoms with Gasteiger partial charge in [0.1, 0.15) is 0 Å². The van der Waals surface area contributed by atoms with E-state index < -0.39 is 30.6 Å². The molecule has 0 amide bonds. The number of aliphatic hydroxyl groups excluding tert-OH is 2. The molecule has 1 aliphatic heterocycles. The Bertz CT molecular complexity index is 206. The minimum Gasteiger partial charge on any atom is -0.393 e. The molecule has 0 aromatic carbocycles. The van der Waals surface area contributed by atoms with Crippen LogP contribution in [0, 0.1) is 0 Å². The first kappa shape index (κ1) is 8.91. The van der Waals surface area contributed by atoms with Crippen molar-refractivity contribution in [2.75, 3.05) is 6.61 Å². The molecule has 0 saturated carbocycles. The maximum Gasteiger partial charge on any atom is 0.422 e. The van der Waals surface area contributed by atoms with Gasteiger partial charge in [0.15, 0.2) is 6.10 Å². The molecule has 0 spiro atoms. The number of cyclic esters (lactones) is 2. The van der Waals surface area contributed by atoms with E-state index >= 15 is 0 Å². The fraction of sp³-hybridized carbons (Fsp3) is 0.600. The van der Waals surface area contributed by atoms with E-state index in [1.54, 1.807) is 0 Å². The number of hydrogen-bond donors (Lipinski definition) is 3. The fourth-order valence-electron chi connectivity index (χ4n) is 0.621. The van der Waals surface area contributed by atoms with Crippen molar-refractivity contribution < 1.29 is 34.4 Å². The van der Waals surface area contributed by atoms with Crippen molar-refractivity contribution in [1.82, 2.24) is 0 Å². The Hall–Kier alpha value is -1.18. The van der Waals surface area contributed by atoms with Crippen molar-refractivity contribution in [2.45, 2.75) is 12.1 Å². The van der Waals surface area contributed by atoms with Gasteiger partial charge >= 0.3 is 17.9 Å². The second-order valence-electron chi connectivity index (χ2n) is 2.11. The lowest BCUT2D eigenvalue weighted by Gasteiger charge is -2.21. The first-order valence-corrected chi connectivity index (χ1v) is 2.97. The summed E-state index contributed by atoms with van der Waals surface area (Å²) in [6.07, 6.45) is -1.87. The molecule has 1 heterocycles. The molecular formula is C5H6O7. The quantitative estimate of drug-likeness (QED) is 0.306. The molecule has 1 fully saturated rings. The molecule has 0 aromatic rings. The zero-order chi connectivity index (χ0) is 9.35. The number of aliphatic hydroxyl groups is 3. The van der Waals surface area contributed by atoms with E-state index in [1.807, 2.05) is 0 Å². The van der Waals surface area contributed by atoms with Gasteiger partial charge in [0.2, 0.25) is 0 Å². The Morgan fingerprint density at radius 3 is 2.08 bits per heavy atom. The molecule has 1 rings (SSSR count). The summed E-state index contributed by atoms with van der Waals surface area (Å²) in [6.45, 7) is -0.906. The van der Waals surface area contributed by atoms with Gasteiger partial charge < -0.3 is 24.8 Å². The molecule has 7 heteroatoms. The van der Waals surface area contributed by atoms with Crippen LogP contribution in [0.4, 0.5) is 0 Å². The number of carbonyl (C=O) groups excluding carboxylic acids is 2. The van der Waals surface area contributed by atoms with Crippen LogP contribution in [-0.4, -0.2) is 45.9 Å². The molecule has 12 heavy (non-hydrogen) atoms. The molecule has 68 valence electrons. The number of rotatable bonds is 2. The predicted molar refractivity (Wildman–Crippen MR) is 30.2 cm³/mol. The maximum atomic E-state index is 10.4. The number of carbonyl (C=O) groups is 2. The molecule has 1 saturated heterocycles. The Morgan fingerprint density at radius 2 is 1.75 bits per heavy atom. The summed E-state index contributed by atoms with van der Waals surface area (Å²) in [7, 11) is 0. The van der Waals surface area contributed by atoms with E-state index in [-0.39, 0.29) is 0 Å². The monoisotopic (exact) mass is 178 g/mol. The molecule has 0 aromatic heterocycles. The van der Waals surface area contributed by atoms with Gasteiger partial charge in [-0.15, -0.1) is 0 Å². The zero-order valence-corrected chi connectivity index (χ0v) is 5.76. The second-order valence-corrected chi connectivity index (χ2v) is 2.11. The second kappa shape index (κ2) is 2.70. The van der Waals surface area contributed by atoms with Crippen molar-refractivity contribution in [3.8, 4) is 0 Å². The van der Waals surface area contributed by atoms with E-state index in [0.717, 1.165) is 0 Å². The van der Waals surface area contributed by atoms with Crippen LogP contribution in [0.2, 0.25) is 0 Å². The van der Waals surface area contributed by atoms with E-state index in [4.69, 9.17) is 15.3 Å². The number of ether oxygens (including phenoxy) is 2. The molecule has 7 nitrogen and oxygen atoms in total.